The number of hydrogen-bond acceptors (Lipinski definition) is 4. The van der Waals surface area contributed by atoms with E-state index >= 15 is 0 Å². The van der Waals surface area contributed by atoms with Crippen molar-refractivity contribution in [3.63, 3.8) is 0 Å². The van der Waals surface area contributed by atoms with E-state index < -0.39 is 10.1 Å². The van der Waals surface area contributed by atoms with Crippen LogP contribution in [0.25, 0.3) is 0 Å². The molecule has 5 nitrogen and oxygen atoms in total. The summed E-state index contributed by atoms with van der Waals surface area (Å²) < 4.78 is 27.3. The molecule has 114 valence electrons. The summed E-state index contributed by atoms with van der Waals surface area (Å²) in [6.45, 7) is 0.664. The highest BCUT2D eigenvalue weighted by Crippen LogP contribution is 2.32. The van der Waals surface area contributed by atoms with E-state index in [1.165, 1.54) is 0 Å². The second-order valence-corrected chi connectivity index (χ2v) is 7.42. The fraction of sp³-hybridized carbons (Fsp3) is 0.533. The molecule has 0 N–H and O–H groups in total. The molecule has 1 aliphatic carbocycles. The van der Waals surface area contributed by atoms with Crippen molar-refractivity contribution in [2.75, 3.05) is 6.26 Å². The maximum atomic E-state index is 12.4. The molecule has 0 unspecified atom stereocenters. The van der Waals surface area contributed by atoms with Gasteiger partial charge in [-0.1, -0.05) is 18.2 Å². The molecule has 0 saturated heterocycles. The van der Waals surface area contributed by atoms with E-state index in [0.717, 1.165) is 30.2 Å². The number of carbonyl (C=O) groups excluding carboxylic acids is 1. The van der Waals surface area contributed by atoms with Crippen molar-refractivity contribution in [2.45, 2.75) is 44.4 Å². The fourth-order valence-electron chi connectivity index (χ4n) is 3.27. The molecule has 1 amide bonds. The van der Waals surface area contributed by atoms with Gasteiger partial charge in [-0.3, -0.25) is 8.98 Å². The maximum absolute atomic E-state index is 12.4. The highest BCUT2D eigenvalue weighted by atomic mass is 32.2. The maximum Gasteiger partial charge on any atom is 0.264 e. The monoisotopic (exact) mass is 309 g/mol. The van der Waals surface area contributed by atoms with E-state index in [0.29, 0.717) is 19.4 Å². The SMILES string of the molecule is CS(=O)(=O)O[C@H]1CC[C@H](N2Cc3ccccc3C2=O)CC1. The molecule has 6 heteroatoms. The van der Waals surface area contributed by atoms with Gasteiger partial charge >= 0.3 is 0 Å². The van der Waals surface area contributed by atoms with Crippen LogP contribution in [0, 0.1) is 0 Å². The lowest BCUT2D eigenvalue weighted by molar-refractivity contribution is 0.0570. The predicted octanol–water partition coefficient (Wildman–Crippen LogP) is 1.93. The van der Waals surface area contributed by atoms with Crippen molar-refractivity contribution in [1.29, 1.82) is 0 Å². The number of hydrogen-bond donors (Lipinski definition) is 0. The fourth-order valence-corrected chi connectivity index (χ4v) is 3.96. The molecular formula is C15H19NO4S. The number of amides is 1. The van der Waals surface area contributed by atoms with Gasteiger partial charge in [0.15, 0.2) is 0 Å². The minimum atomic E-state index is -3.40. The van der Waals surface area contributed by atoms with Crippen LogP contribution in [0.1, 0.15) is 41.6 Å². The number of benzene rings is 1. The Kier molecular flexibility index (Phi) is 3.75. The molecule has 2 aliphatic rings. The molecule has 1 aliphatic heterocycles. The zero-order valence-corrected chi connectivity index (χ0v) is 12.8. The standard InChI is InChI=1S/C15H19NO4S/c1-21(18,19)20-13-8-6-12(7-9-13)16-10-11-4-2-3-5-14(11)15(16)17/h2-5,12-13H,6-10H2,1H3/t12-,13-. The van der Waals surface area contributed by atoms with Crippen LogP contribution in [0.15, 0.2) is 24.3 Å². The Bertz CT molecular complexity index is 647. The molecular weight excluding hydrogens is 290 g/mol. The molecule has 1 heterocycles. The van der Waals surface area contributed by atoms with Crippen LogP contribution in [0.2, 0.25) is 0 Å². The normalized spacial score (nSPS) is 26.0. The quantitative estimate of drug-likeness (QED) is 0.800. The zero-order chi connectivity index (χ0) is 15.0. The van der Waals surface area contributed by atoms with Crippen LogP contribution in [-0.4, -0.2) is 37.6 Å². The Morgan fingerprint density at radius 3 is 2.43 bits per heavy atom. The van der Waals surface area contributed by atoms with Gasteiger partial charge < -0.3 is 4.90 Å². The smallest absolute Gasteiger partial charge is 0.264 e. The molecule has 0 atom stereocenters. The van der Waals surface area contributed by atoms with E-state index in [9.17, 15) is 13.2 Å². The number of rotatable bonds is 3. The summed E-state index contributed by atoms with van der Waals surface area (Å²) in [6.07, 6.45) is 3.78. The van der Waals surface area contributed by atoms with Crippen LogP contribution in [0.3, 0.4) is 0 Å². The molecule has 0 aromatic heterocycles. The minimum absolute atomic E-state index is 0.0954. The Morgan fingerprint density at radius 1 is 1.14 bits per heavy atom. The average Bonchev–Trinajstić information content (AvgIpc) is 2.76. The van der Waals surface area contributed by atoms with Crippen molar-refractivity contribution >= 4 is 16.0 Å². The first-order chi connectivity index (χ1) is 9.94. The molecule has 0 spiro atoms. The van der Waals surface area contributed by atoms with Gasteiger partial charge in [0, 0.05) is 18.2 Å². The van der Waals surface area contributed by atoms with Crippen molar-refractivity contribution in [1.82, 2.24) is 4.90 Å². The lowest BCUT2D eigenvalue weighted by atomic mass is 9.92. The van der Waals surface area contributed by atoms with E-state index in [4.69, 9.17) is 4.18 Å². The molecule has 21 heavy (non-hydrogen) atoms. The molecule has 1 fully saturated rings. The van der Waals surface area contributed by atoms with Crippen molar-refractivity contribution < 1.29 is 17.4 Å². The summed E-state index contributed by atoms with van der Waals surface area (Å²) in [5.74, 6) is 0.0954. The molecule has 0 bridgehead atoms. The largest absolute Gasteiger partial charge is 0.331 e. The summed E-state index contributed by atoms with van der Waals surface area (Å²) >= 11 is 0. The molecule has 3 rings (SSSR count). The minimum Gasteiger partial charge on any atom is -0.331 e. The highest BCUT2D eigenvalue weighted by molar-refractivity contribution is 7.86. The van der Waals surface area contributed by atoms with Gasteiger partial charge in [0.25, 0.3) is 16.0 Å². The Hall–Kier alpha value is -1.40. The zero-order valence-electron chi connectivity index (χ0n) is 12.0. The Labute approximate surface area is 125 Å². The van der Waals surface area contributed by atoms with Crippen LogP contribution >= 0.6 is 0 Å². The number of nitrogens with zero attached hydrogens (tertiary/aromatic N) is 1. The first-order valence-electron chi connectivity index (χ1n) is 7.21. The third kappa shape index (κ3) is 3.11. The van der Waals surface area contributed by atoms with Gasteiger partial charge in [-0.25, -0.2) is 0 Å². The van der Waals surface area contributed by atoms with E-state index in [2.05, 4.69) is 0 Å². The third-order valence-electron chi connectivity index (χ3n) is 4.24. The summed E-state index contributed by atoms with van der Waals surface area (Å²) in [5, 5.41) is 0. The predicted molar refractivity (Wildman–Crippen MR) is 78.3 cm³/mol. The first kappa shape index (κ1) is 14.5. The third-order valence-corrected chi connectivity index (χ3v) is 4.87. The Morgan fingerprint density at radius 2 is 1.81 bits per heavy atom. The molecule has 1 aromatic rings. The van der Waals surface area contributed by atoms with Crippen LogP contribution in [0.5, 0.6) is 0 Å². The summed E-state index contributed by atoms with van der Waals surface area (Å²) in [4.78, 5) is 14.3. The van der Waals surface area contributed by atoms with Gasteiger partial charge in [-0.2, -0.15) is 8.42 Å². The lowest BCUT2D eigenvalue weighted by Crippen LogP contribution is -2.40. The number of carbonyl (C=O) groups is 1. The second-order valence-electron chi connectivity index (χ2n) is 5.82. The van der Waals surface area contributed by atoms with Crippen LogP contribution in [0.4, 0.5) is 0 Å². The second kappa shape index (κ2) is 5.42. The average molecular weight is 309 g/mol. The first-order valence-corrected chi connectivity index (χ1v) is 9.03. The van der Waals surface area contributed by atoms with Gasteiger partial charge in [-0.15, -0.1) is 0 Å². The number of fused-ring (bicyclic) bond motifs is 1. The van der Waals surface area contributed by atoms with Crippen LogP contribution < -0.4 is 0 Å². The molecule has 1 aromatic carbocycles. The van der Waals surface area contributed by atoms with Crippen LogP contribution in [-0.2, 0) is 20.8 Å². The molecule has 0 radical (unpaired) electrons. The van der Waals surface area contributed by atoms with Gasteiger partial charge in [0.2, 0.25) is 0 Å². The molecule has 1 saturated carbocycles. The highest BCUT2D eigenvalue weighted by Gasteiger charge is 2.35. The van der Waals surface area contributed by atoms with Gasteiger partial charge in [0.05, 0.1) is 12.4 Å². The van der Waals surface area contributed by atoms with Gasteiger partial charge in [0.1, 0.15) is 0 Å². The van der Waals surface area contributed by atoms with E-state index in [1.807, 2.05) is 29.2 Å². The summed E-state index contributed by atoms with van der Waals surface area (Å²) in [5.41, 5.74) is 1.88. The summed E-state index contributed by atoms with van der Waals surface area (Å²) in [6, 6.07) is 7.88. The lowest BCUT2D eigenvalue weighted by Gasteiger charge is -2.34. The van der Waals surface area contributed by atoms with Crippen molar-refractivity contribution in [2.24, 2.45) is 0 Å². The van der Waals surface area contributed by atoms with Crippen molar-refractivity contribution in [3.8, 4) is 0 Å². The van der Waals surface area contributed by atoms with Gasteiger partial charge in [-0.05, 0) is 37.3 Å². The topological polar surface area (TPSA) is 63.7 Å². The van der Waals surface area contributed by atoms with E-state index in [1.54, 1.807) is 0 Å². The van der Waals surface area contributed by atoms with E-state index in [-0.39, 0.29) is 18.1 Å². The Balaban J connectivity index is 1.63. The van der Waals surface area contributed by atoms with Crippen molar-refractivity contribution in [3.05, 3.63) is 35.4 Å². The summed E-state index contributed by atoms with van der Waals surface area (Å²) in [7, 11) is -3.40.